The van der Waals surface area contributed by atoms with E-state index < -0.39 is 0 Å². The molecule has 1 atom stereocenters. The van der Waals surface area contributed by atoms with E-state index in [1.165, 1.54) is 22.3 Å². The fourth-order valence-corrected chi connectivity index (χ4v) is 2.50. The predicted octanol–water partition coefficient (Wildman–Crippen LogP) is 3.38. The predicted molar refractivity (Wildman–Crippen MR) is 84.6 cm³/mol. The first kappa shape index (κ1) is 16.2. The first-order valence-corrected chi connectivity index (χ1v) is 7.16. The van der Waals surface area contributed by atoms with Gasteiger partial charge in [0.15, 0.2) is 0 Å². The van der Waals surface area contributed by atoms with Crippen molar-refractivity contribution in [1.29, 1.82) is 0 Å². The Morgan fingerprint density at radius 1 is 1.16 bits per heavy atom. The fourth-order valence-electron chi connectivity index (χ4n) is 2.50. The molecule has 0 radical (unpaired) electrons. The van der Waals surface area contributed by atoms with Crippen LogP contribution in [-0.2, 0) is 12.0 Å². The van der Waals surface area contributed by atoms with Crippen LogP contribution in [0.4, 0.5) is 0 Å². The van der Waals surface area contributed by atoms with E-state index in [1.54, 1.807) is 0 Å². The highest BCUT2D eigenvalue weighted by molar-refractivity contribution is 5.40. The molecule has 1 aromatic rings. The van der Waals surface area contributed by atoms with Crippen molar-refractivity contribution in [3.05, 3.63) is 34.4 Å². The summed E-state index contributed by atoms with van der Waals surface area (Å²) in [6.45, 7) is 15.2. The van der Waals surface area contributed by atoms with Gasteiger partial charge in [0.05, 0.1) is 0 Å². The normalized spacial score (nSPS) is 13.9. The van der Waals surface area contributed by atoms with Gasteiger partial charge < -0.3 is 10.6 Å². The minimum absolute atomic E-state index is 0.214. The quantitative estimate of drug-likeness (QED) is 0.901. The van der Waals surface area contributed by atoms with Crippen LogP contribution in [0, 0.1) is 13.8 Å². The van der Waals surface area contributed by atoms with Crippen LogP contribution in [0.15, 0.2) is 12.1 Å². The Bertz CT molecular complexity index is 404. The molecule has 1 aromatic carbocycles. The number of rotatable bonds is 4. The highest BCUT2D eigenvalue weighted by Gasteiger charge is 2.16. The highest BCUT2D eigenvalue weighted by atomic mass is 15.1. The molecule has 0 aromatic heterocycles. The molecular formula is C17H30N2. The summed E-state index contributed by atoms with van der Waals surface area (Å²) in [6.07, 6.45) is 0. The molecule has 0 heterocycles. The zero-order chi connectivity index (χ0) is 14.8. The molecule has 0 spiro atoms. The van der Waals surface area contributed by atoms with Crippen molar-refractivity contribution in [2.75, 3.05) is 13.6 Å². The summed E-state index contributed by atoms with van der Waals surface area (Å²) >= 11 is 0. The summed E-state index contributed by atoms with van der Waals surface area (Å²) in [5, 5.41) is 0. The monoisotopic (exact) mass is 262 g/mol. The van der Waals surface area contributed by atoms with Crippen molar-refractivity contribution in [1.82, 2.24) is 4.90 Å². The van der Waals surface area contributed by atoms with Crippen LogP contribution in [0.1, 0.15) is 49.9 Å². The maximum Gasteiger partial charge on any atom is 0.0236 e. The first-order chi connectivity index (χ1) is 8.61. The molecule has 0 fully saturated rings. The zero-order valence-corrected chi connectivity index (χ0v) is 13.7. The van der Waals surface area contributed by atoms with E-state index >= 15 is 0 Å². The Balaban J connectivity index is 2.98. The van der Waals surface area contributed by atoms with E-state index in [2.05, 4.69) is 65.6 Å². The van der Waals surface area contributed by atoms with Gasteiger partial charge in [-0.3, -0.25) is 0 Å². The summed E-state index contributed by atoms with van der Waals surface area (Å²) in [5.41, 5.74) is 11.7. The lowest BCUT2D eigenvalue weighted by molar-refractivity contribution is 0.308. The molecule has 0 bridgehead atoms. The van der Waals surface area contributed by atoms with Gasteiger partial charge in [-0.15, -0.1) is 0 Å². The topological polar surface area (TPSA) is 29.3 Å². The maximum absolute atomic E-state index is 5.86. The molecule has 19 heavy (non-hydrogen) atoms. The second kappa shape index (κ2) is 6.06. The number of likely N-dealkylation sites (N-methyl/N-ethyl adjacent to an activating group) is 1. The van der Waals surface area contributed by atoms with Crippen molar-refractivity contribution >= 4 is 0 Å². The number of benzene rings is 1. The molecule has 2 nitrogen and oxygen atoms in total. The molecule has 1 rings (SSSR count). The summed E-state index contributed by atoms with van der Waals surface area (Å²) < 4.78 is 0. The molecule has 2 heteroatoms. The van der Waals surface area contributed by atoms with Gasteiger partial charge in [0.1, 0.15) is 0 Å². The molecule has 0 aliphatic carbocycles. The third kappa shape index (κ3) is 4.63. The summed E-state index contributed by atoms with van der Waals surface area (Å²) in [4.78, 5) is 2.30. The van der Waals surface area contributed by atoms with Crippen LogP contribution in [-0.4, -0.2) is 24.5 Å². The van der Waals surface area contributed by atoms with Gasteiger partial charge in [-0.2, -0.15) is 0 Å². The fraction of sp³-hybridized carbons (Fsp3) is 0.647. The summed E-state index contributed by atoms with van der Waals surface area (Å²) in [6, 6.07) is 4.89. The van der Waals surface area contributed by atoms with Crippen LogP contribution >= 0.6 is 0 Å². The number of hydrogen-bond acceptors (Lipinski definition) is 2. The number of nitrogens with two attached hydrogens (primary N) is 1. The Kier molecular flexibility index (Phi) is 5.17. The second-order valence-corrected chi connectivity index (χ2v) is 7.01. The largest absolute Gasteiger partial charge is 0.327 e. The third-order valence-electron chi connectivity index (χ3n) is 3.59. The number of nitrogens with zero attached hydrogens (tertiary/aromatic N) is 1. The summed E-state index contributed by atoms with van der Waals surface area (Å²) in [5.74, 6) is 0. The lowest BCUT2D eigenvalue weighted by Crippen LogP contribution is -2.32. The lowest BCUT2D eigenvalue weighted by Gasteiger charge is -2.25. The molecule has 2 N–H and O–H groups in total. The van der Waals surface area contributed by atoms with Gasteiger partial charge in [0.25, 0.3) is 0 Å². The van der Waals surface area contributed by atoms with Gasteiger partial charge in [-0.25, -0.2) is 0 Å². The Labute approximate surface area is 119 Å². The van der Waals surface area contributed by atoms with E-state index in [0.29, 0.717) is 0 Å². The number of aryl methyl sites for hydroxylation is 2. The highest BCUT2D eigenvalue weighted by Crippen LogP contribution is 2.27. The Hall–Kier alpha value is -0.860. The molecule has 0 amide bonds. The van der Waals surface area contributed by atoms with Crippen LogP contribution in [0.2, 0.25) is 0 Å². The van der Waals surface area contributed by atoms with Crippen LogP contribution in [0.25, 0.3) is 0 Å². The van der Waals surface area contributed by atoms with Crippen molar-refractivity contribution in [2.45, 2.75) is 59.5 Å². The van der Waals surface area contributed by atoms with Crippen molar-refractivity contribution in [2.24, 2.45) is 5.73 Å². The zero-order valence-electron chi connectivity index (χ0n) is 13.7. The van der Waals surface area contributed by atoms with E-state index in [-0.39, 0.29) is 11.5 Å². The second-order valence-electron chi connectivity index (χ2n) is 7.01. The minimum Gasteiger partial charge on any atom is -0.327 e. The first-order valence-electron chi connectivity index (χ1n) is 7.16. The van der Waals surface area contributed by atoms with E-state index in [0.717, 1.165) is 13.1 Å². The maximum atomic E-state index is 5.86. The van der Waals surface area contributed by atoms with Gasteiger partial charge >= 0.3 is 0 Å². The van der Waals surface area contributed by atoms with Crippen LogP contribution in [0.3, 0.4) is 0 Å². The Morgan fingerprint density at radius 3 is 2.00 bits per heavy atom. The van der Waals surface area contributed by atoms with E-state index in [9.17, 15) is 0 Å². The molecule has 0 aliphatic heterocycles. The third-order valence-corrected chi connectivity index (χ3v) is 3.59. The molecular weight excluding hydrogens is 232 g/mol. The SMILES string of the molecule is Cc1cc(C(C)(C)C)cc(C)c1CN(C)CC(C)N. The van der Waals surface area contributed by atoms with Crippen molar-refractivity contribution < 1.29 is 0 Å². The van der Waals surface area contributed by atoms with Gasteiger partial charge in [-0.1, -0.05) is 32.9 Å². The average Bonchev–Trinajstić information content (AvgIpc) is 2.20. The lowest BCUT2D eigenvalue weighted by atomic mass is 9.84. The minimum atomic E-state index is 0.214. The van der Waals surface area contributed by atoms with E-state index in [4.69, 9.17) is 5.73 Å². The van der Waals surface area contributed by atoms with Crippen LogP contribution < -0.4 is 5.73 Å². The van der Waals surface area contributed by atoms with Gasteiger partial charge in [0, 0.05) is 19.1 Å². The van der Waals surface area contributed by atoms with Crippen molar-refractivity contribution in [3.8, 4) is 0 Å². The summed E-state index contributed by atoms with van der Waals surface area (Å²) in [7, 11) is 2.14. The van der Waals surface area contributed by atoms with Crippen molar-refractivity contribution in [3.63, 3.8) is 0 Å². The van der Waals surface area contributed by atoms with Gasteiger partial charge in [-0.05, 0) is 55.5 Å². The molecule has 0 aliphatic rings. The van der Waals surface area contributed by atoms with E-state index in [1.807, 2.05) is 0 Å². The molecule has 108 valence electrons. The van der Waals surface area contributed by atoms with Crippen LogP contribution in [0.5, 0.6) is 0 Å². The smallest absolute Gasteiger partial charge is 0.0236 e. The number of hydrogen-bond donors (Lipinski definition) is 1. The molecule has 0 saturated heterocycles. The molecule has 1 unspecified atom stereocenters. The van der Waals surface area contributed by atoms with Gasteiger partial charge in [0.2, 0.25) is 0 Å². The average molecular weight is 262 g/mol. The molecule has 0 saturated carbocycles. The Morgan fingerprint density at radius 2 is 1.63 bits per heavy atom. The standard InChI is InChI=1S/C17H30N2/c1-12-8-15(17(4,5)6)9-13(2)16(12)11-19(7)10-14(3)18/h8-9,14H,10-11,18H2,1-7H3.